The zero-order valence-corrected chi connectivity index (χ0v) is 12.2. The third-order valence-electron chi connectivity index (χ3n) is 3.81. The Morgan fingerprint density at radius 1 is 1.00 bits per heavy atom. The molecule has 0 aromatic heterocycles. The van der Waals surface area contributed by atoms with E-state index in [0.717, 1.165) is 42.5 Å². The lowest BCUT2D eigenvalue weighted by Crippen LogP contribution is -2.40. The van der Waals surface area contributed by atoms with Gasteiger partial charge >= 0.3 is 11.8 Å². The predicted octanol–water partition coefficient (Wildman–Crippen LogP) is 2.64. The van der Waals surface area contributed by atoms with Crippen LogP contribution in [0.25, 0.3) is 0 Å². The quantitative estimate of drug-likeness (QED) is 0.800. The van der Waals surface area contributed by atoms with E-state index in [9.17, 15) is 9.59 Å². The molecule has 0 atom stereocenters. The number of aryl methyl sites for hydroxylation is 2. The fourth-order valence-electron chi connectivity index (χ4n) is 2.60. The lowest BCUT2D eigenvalue weighted by molar-refractivity contribution is -0.143. The molecule has 0 bridgehead atoms. The molecule has 4 heteroatoms. The first-order valence-corrected chi connectivity index (χ1v) is 7.26. The summed E-state index contributed by atoms with van der Waals surface area (Å²) in [4.78, 5) is 26.0. The smallest absolute Gasteiger partial charge is 0.313 e. The predicted molar refractivity (Wildman–Crippen MR) is 79.6 cm³/mol. The highest BCUT2D eigenvalue weighted by atomic mass is 16.2. The number of carbonyl (C=O) groups excluding carboxylic acids is 2. The number of para-hydroxylation sites is 1. The van der Waals surface area contributed by atoms with Crippen molar-refractivity contribution in [1.29, 1.82) is 0 Å². The van der Waals surface area contributed by atoms with Crippen LogP contribution in [0.5, 0.6) is 0 Å². The molecule has 2 amide bonds. The Bertz CT molecular complexity index is 483. The third-order valence-corrected chi connectivity index (χ3v) is 3.81. The summed E-state index contributed by atoms with van der Waals surface area (Å²) in [7, 11) is 0. The van der Waals surface area contributed by atoms with Gasteiger partial charge in [0.25, 0.3) is 0 Å². The number of hydrogen-bond acceptors (Lipinski definition) is 2. The van der Waals surface area contributed by atoms with Crippen molar-refractivity contribution in [2.24, 2.45) is 0 Å². The van der Waals surface area contributed by atoms with Crippen molar-refractivity contribution in [2.45, 2.75) is 39.5 Å². The third kappa shape index (κ3) is 3.38. The van der Waals surface area contributed by atoms with Gasteiger partial charge in [0.2, 0.25) is 0 Å². The maximum absolute atomic E-state index is 12.2. The second kappa shape index (κ2) is 6.55. The number of nitrogens with zero attached hydrogens (tertiary/aromatic N) is 1. The van der Waals surface area contributed by atoms with Crippen LogP contribution in [-0.2, 0) is 9.59 Å². The van der Waals surface area contributed by atoms with Gasteiger partial charge in [-0.05, 0) is 37.8 Å². The fourth-order valence-corrected chi connectivity index (χ4v) is 2.60. The summed E-state index contributed by atoms with van der Waals surface area (Å²) in [6, 6.07) is 5.80. The molecule has 1 N–H and O–H groups in total. The highest BCUT2D eigenvalue weighted by Crippen LogP contribution is 2.19. The molecule has 0 aliphatic carbocycles. The Balaban J connectivity index is 2.05. The highest BCUT2D eigenvalue weighted by molar-refractivity contribution is 6.39. The number of nitrogens with one attached hydrogen (secondary N) is 1. The average Bonchev–Trinajstić information content (AvgIpc) is 2.71. The first kappa shape index (κ1) is 14.6. The van der Waals surface area contributed by atoms with Gasteiger partial charge in [0.15, 0.2) is 0 Å². The minimum absolute atomic E-state index is 0.408. The summed E-state index contributed by atoms with van der Waals surface area (Å²) in [5.41, 5.74) is 2.70. The second-order valence-corrected chi connectivity index (χ2v) is 5.43. The lowest BCUT2D eigenvalue weighted by Gasteiger charge is -2.20. The number of likely N-dealkylation sites (tertiary alicyclic amines) is 1. The molecule has 1 heterocycles. The zero-order chi connectivity index (χ0) is 14.5. The van der Waals surface area contributed by atoms with Crippen LogP contribution in [0.3, 0.4) is 0 Å². The van der Waals surface area contributed by atoms with E-state index in [0.29, 0.717) is 13.1 Å². The van der Waals surface area contributed by atoms with Crippen molar-refractivity contribution in [3.05, 3.63) is 29.3 Å². The summed E-state index contributed by atoms with van der Waals surface area (Å²) in [6.07, 6.45) is 4.26. The van der Waals surface area contributed by atoms with Gasteiger partial charge in [-0.2, -0.15) is 0 Å². The van der Waals surface area contributed by atoms with Crippen LogP contribution in [0.15, 0.2) is 18.2 Å². The van der Waals surface area contributed by atoms with E-state index < -0.39 is 11.8 Å². The SMILES string of the molecule is Cc1cccc(C)c1NC(=O)C(=O)N1CCCCCC1. The summed E-state index contributed by atoms with van der Waals surface area (Å²) in [6.45, 7) is 5.25. The molecule has 1 fully saturated rings. The molecule has 0 unspecified atom stereocenters. The van der Waals surface area contributed by atoms with Crippen molar-refractivity contribution in [1.82, 2.24) is 4.90 Å². The van der Waals surface area contributed by atoms with Crippen LogP contribution in [0.4, 0.5) is 5.69 Å². The fraction of sp³-hybridized carbons (Fsp3) is 0.500. The van der Waals surface area contributed by atoms with Crippen molar-refractivity contribution < 1.29 is 9.59 Å². The van der Waals surface area contributed by atoms with Gasteiger partial charge < -0.3 is 10.2 Å². The van der Waals surface area contributed by atoms with Crippen molar-refractivity contribution >= 4 is 17.5 Å². The number of amides is 2. The molecule has 0 spiro atoms. The van der Waals surface area contributed by atoms with Crippen LogP contribution >= 0.6 is 0 Å². The van der Waals surface area contributed by atoms with Crippen LogP contribution < -0.4 is 5.32 Å². The number of rotatable bonds is 1. The summed E-state index contributed by atoms with van der Waals surface area (Å²) >= 11 is 0. The van der Waals surface area contributed by atoms with Crippen LogP contribution in [0, 0.1) is 13.8 Å². The van der Waals surface area contributed by atoms with E-state index >= 15 is 0 Å². The van der Waals surface area contributed by atoms with E-state index in [1.165, 1.54) is 0 Å². The number of carbonyl (C=O) groups is 2. The average molecular weight is 274 g/mol. The van der Waals surface area contributed by atoms with Gasteiger partial charge in [0, 0.05) is 18.8 Å². The molecule has 1 aromatic carbocycles. The molecule has 108 valence electrons. The molecule has 1 aliphatic heterocycles. The van der Waals surface area contributed by atoms with E-state index in [1.54, 1.807) is 4.90 Å². The summed E-state index contributed by atoms with van der Waals surface area (Å²) < 4.78 is 0. The molecule has 1 aromatic rings. The Kier molecular flexibility index (Phi) is 4.77. The van der Waals surface area contributed by atoms with Crippen LogP contribution in [-0.4, -0.2) is 29.8 Å². The molecule has 0 saturated carbocycles. The minimum atomic E-state index is -0.524. The van der Waals surface area contributed by atoms with E-state index in [2.05, 4.69) is 5.32 Å². The molecule has 4 nitrogen and oxygen atoms in total. The lowest BCUT2D eigenvalue weighted by atomic mass is 10.1. The molecule has 0 radical (unpaired) electrons. The number of anilines is 1. The largest absolute Gasteiger partial charge is 0.334 e. The second-order valence-electron chi connectivity index (χ2n) is 5.43. The Morgan fingerprint density at radius 2 is 1.55 bits per heavy atom. The van der Waals surface area contributed by atoms with E-state index in [-0.39, 0.29) is 0 Å². The van der Waals surface area contributed by atoms with Gasteiger partial charge in [-0.15, -0.1) is 0 Å². The van der Waals surface area contributed by atoms with Gasteiger partial charge in [-0.1, -0.05) is 31.0 Å². The van der Waals surface area contributed by atoms with Crippen molar-refractivity contribution in [3.63, 3.8) is 0 Å². The van der Waals surface area contributed by atoms with E-state index in [1.807, 2.05) is 32.0 Å². The topological polar surface area (TPSA) is 49.4 Å². The Labute approximate surface area is 120 Å². The minimum Gasteiger partial charge on any atom is -0.334 e. The summed E-state index contributed by atoms with van der Waals surface area (Å²) in [5.74, 6) is -0.932. The Hall–Kier alpha value is -1.84. The molecular weight excluding hydrogens is 252 g/mol. The highest BCUT2D eigenvalue weighted by Gasteiger charge is 2.23. The molecule has 1 saturated heterocycles. The molecule has 20 heavy (non-hydrogen) atoms. The van der Waals surface area contributed by atoms with Gasteiger partial charge in [-0.25, -0.2) is 0 Å². The van der Waals surface area contributed by atoms with Crippen molar-refractivity contribution in [2.75, 3.05) is 18.4 Å². The molecular formula is C16H22N2O2. The number of hydrogen-bond donors (Lipinski definition) is 1. The Morgan fingerprint density at radius 3 is 2.10 bits per heavy atom. The van der Waals surface area contributed by atoms with Crippen LogP contribution in [0.2, 0.25) is 0 Å². The monoisotopic (exact) mass is 274 g/mol. The maximum Gasteiger partial charge on any atom is 0.313 e. The normalized spacial score (nSPS) is 15.6. The first-order chi connectivity index (χ1) is 9.59. The van der Waals surface area contributed by atoms with Gasteiger partial charge in [-0.3, -0.25) is 9.59 Å². The van der Waals surface area contributed by atoms with E-state index in [4.69, 9.17) is 0 Å². The number of benzene rings is 1. The van der Waals surface area contributed by atoms with Gasteiger partial charge in [0.1, 0.15) is 0 Å². The van der Waals surface area contributed by atoms with Gasteiger partial charge in [0.05, 0.1) is 0 Å². The summed E-state index contributed by atoms with van der Waals surface area (Å²) in [5, 5.41) is 2.77. The maximum atomic E-state index is 12.2. The first-order valence-electron chi connectivity index (χ1n) is 7.26. The van der Waals surface area contributed by atoms with Crippen molar-refractivity contribution in [3.8, 4) is 0 Å². The molecule has 2 rings (SSSR count). The van der Waals surface area contributed by atoms with Crippen LogP contribution in [0.1, 0.15) is 36.8 Å². The standard InChI is InChI=1S/C16H22N2O2/c1-12-8-7-9-13(2)14(12)17-15(19)16(20)18-10-5-3-4-6-11-18/h7-9H,3-6,10-11H2,1-2H3,(H,17,19). The molecule has 1 aliphatic rings. The zero-order valence-electron chi connectivity index (χ0n) is 12.2.